The second kappa shape index (κ2) is 10.0. The third-order valence-electron chi connectivity index (χ3n) is 5.57. The molecule has 0 unspecified atom stereocenters. The number of amides is 2. The van der Waals surface area contributed by atoms with Crippen molar-refractivity contribution in [2.24, 2.45) is 5.92 Å². The van der Waals surface area contributed by atoms with Gasteiger partial charge < -0.3 is 10.6 Å². The largest absolute Gasteiger partial charge is 0.354 e. The summed E-state index contributed by atoms with van der Waals surface area (Å²) in [6.07, 6.45) is 6.97. The van der Waals surface area contributed by atoms with Gasteiger partial charge in [0.05, 0.1) is 10.5 Å². The van der Waals surface area contributed by atoms with E-state index in [2.05, 4.69) is 26.6 Å². The van der Waals surface area contributed by atoms with Crippen molar-refractivity contribution in [3.8, 4) is 0 Å². The molecular formula is C20H28BrN3O4S. The summed E-state index contributed by atoms with van der Waals surface area (Å²) in [5.41, 5.74) is 0.267. The van der Waals surface area contributed by atoms with Crippen molar-refractivity contribution in [1.29, 1.82) is 0 Å². The molecule has 2 aliphatic rings. The number of hydrogen-bond acceptors (Lipinski definition) is 4. The lowest BCUT2D eigenvalue weighted by atomic mass is 9.89. The Morgan fingerprint density at radius 2 is 1.66 bits per heavy atom. The highest BCUT2D eigenvalue weighted by Crippen LogP contribution is 2.26. The van der Waals surface area contributed by atoms with Crippen LogP contribution in [0.5, 0.6) is 0 Å². The van der Waals surface area contributed by atoms with E-state index < -0.39 is 10.0 Å². The maximum Gasteiger partial charge on any atom is 0.252 e. The van der Waals surface area contributed by atoms with Crippen molar-refractivity contribution in [3.05, 3.63) is 28.2 Å². The highest BCUT2D eigenvalue weighted by atomic mass is 79.9. The minimum absolute atomic E-state index is 0.0545. The summed E-state index contributed by atoms with van der Waals surface area (Å²) in [6, 6.07) is 4.51. The Morgan fingerprint density at radius 3 is 2.34 bits per heavy atom. The lowest BCUT2D eigenvalue weighted by Crippen LogP contribution is -2.38. The number of carbonyl (C=O) groups excluding carboxylic acids is 2. The smallest absolute Gasteiger partial charge is 0.252 e. The van der Waals surface area contributed by atoms with Gasteiger partial charge in [0.25, 0.3) is 5.91 Å². The van der Waals surface area contributed by atoms with Crippen LogP contribution >= 0.6 is 15.9 Å². The molecule has 0 radical (unpaired) electrons. The van der Waals surface area contributed by atoms with Gasteiger partial charge in [-0.2, -0.15) is 4.31 Å². The first-order valence-electron chi connectivity index (χ1n) is 10.3. The molecule has 0 aromatic heterocycles. The minimum Gasteiger partial charge on any atom is -0.354 e. The number of hydrogen-bond donors (Lipinski definition) is 2. The molecule has 1 aromatic rings. The van der Waals surface area contributed by atoms with E-state index in [1.54, 1.807) is 6.07 Å². The van der Waals surface area contributed by atoms with Crippen LogP contribution in [0.25, 0.3) is 0 Å². The Balaban J connectivity index is 1.55. The SMILES string of the molecule is O=C(NCCNC(=O)C1CCCCC1)c1cc(S(=O)(=O)N2CCCC2)ccc1Br. The molecule has 160 valence electrons. The predicted octanol–water partition coefficient (Wildman–Crippen LogP) is 2.66. The first kappa shape index (κ1) is 22.2. The monoisotopic (exact) mass is 485 g/mol. The van der Waals surface area contributed by atoms with Crippen LogP contribution in [0.4, 0.5) is 0 Å². The molecular weight excluding hydrogens is 458 g/mol. The number of rotatable bonds is 7. The van der Waals surface area contributed by atoms with Crippen molar-refractivity contribution in [3.63, 3.8) is 0 Å². The second-order valence-electron chi connectivity index (χ2n) is 7.63. The van der Waals surface area contributed by atoms with Gasteiger partial charge in [0.2, 0.25) is 15.9 Å². The molecule has 29 heavy (non-hydrogen) atoms. The number of sulfonamides is 1. The first-order chi connectivity index (χ1) is 13.9. The van der Waals surface area contributed by atoms with Crippen molar-refractivity contribution in [2.45, 2.75) is 49.8 Å². The molecule has 0 spiro atoms. The fraction of sp³-hybridized carbons (Fsp3) is 0.600. The van der Waals surface area contributed by atoms with Crippen LogP contribution < -0.4 is 10.6 Å². The van der Waals surface area contributed by atoms with E-state index in [0.29, 0.717) is 24.1 Å². The average Bonchev–Trinajstić information content (AvgIpc) is 3.27. The standard InChI is InChI=1S/C20H28BrN3O4S/c21-18-9-8-16(29(27,28)24-12-4-5-13-24)14-17(18)20(26)23-11-10-22-19(25)15-6-2-1-3-7-15/h8-9,14-15H,1-7,10-13H2,(H,22,25)(H,23,26). The van der Waals surface area contributed by atoms with E-state index in [0.717, 1.165) is 38.5 Å². The van der Waals surface area contributed by atoms with Crippen LogP contribution in [0.1, 0.15) is 55.3 Å². The van der Waals surface area contributed by atoms with Crippen molar-refractivity contribution >= 4 is 37.8 Å². The molecule has 1 aliphatic heterocycles. The molecule has 0 bridgehead atoms. The summed E-state index contributed by atoms with van der Waals surface area (Å²) >= 11 is 3.33. The molecule has 1 saturated carbocycles. The van der Waals surface area contributed by atoms with Crippen LogP contribution in [0, 0.1) is 5.92 Å². The zero-order valence-electron chi connectivity index (χ0n) is 16.5. The molecule has 0 atom stereocenters. The number of nitrogens with one attached hydrogen (secondary N) is 2. The molecule has 1 heterocycles. The fourth-order valence-electron chi connectivity index (χ4n) is 3.88. The van der Waals surface area contributed by atoms with Gasteiger partial charge in [-0.15, -0.1) is 0 Å². The molecule has 3 rings (SSSR count). The summed E-state index contributed by atoms with van der Waals surface area (Å²) in [7, 11) is -3.58. The maximum atomic E-state index is 12.7. The quantitative estimate of drug-likeness (QED) is 0.580. The van der Waals surface area contributed by atoms with Gasteiger partial charge in [-0.1, -0.05) is 19.3 Å². The van der Waals surface area contributed by atoms with Gasteiger partial charge in [0.1, 0.15) is 0 Å². The third kappa shape index (κ3) is 5.58. The lowest BCUT2D eigenvalue weighted by Gasteiger charge is -2.20. The fourth-order valence-corrected chi connectivity index (χ4v) is 5.85. The molecule has 2 N–H and O–H groups in total. The van der Waals surface area contributed by atoms with E-state index in [4.69, 9.17) is 0 Å². The van der Waals surface area contributed by atoms with E-state index >= 15 is 0 Å². The summed E-state index contributed by atoms with van der Waals surface area (Å²) < 4.78 is 27.5. The van der Waals surface area contributed by atoms with E-state index in [-0.39, 0.29) is 34.7 Å². The van der Waals surface area contributed by atoms with Gasteiger partial charge in [-0.25, -0.2) is 8.42 Å². The average molecular weight is 486 g/mol. The summed E-state index contributed by atoms with van der Waals surface area (Å²) in [5, 5.41) is 5.63. The van der Waals surface area contributed by atoms with Gasteiger partial charge in [0, 0.05) is 36.6 Å². The Bertz CT molecular complexity index is 847. The van der Waals surface area contributed by atoms with Crippen molar-refractivity contribution in [2.75, 3.05) is 26.2 Å². The zero-order chi connectivity index (χ0) is 20.9. The topological polar surface area (TPSA) is 95.6 Å². The number of halogens is 1. The molecule has 2 amide bonds. The van der Waals surface area contributed by atoms with Crippen LogP contribution in [-0.4, -0.2) is 50.7 Å². The lowest BCUT2D eigenvalue weighted by molar-refractivity contribution is -0.125. The zero-order valence-corrected chi connectivity index (χ0v) is 18.9. The number of carbonyl (C=O) groups is 2. The highest BCUT2D eigenvalue weighted by Gasteiger charge is 2.28. The Kier molecular flexibility index (Phi) is 7.70. The Hall–Kier alpha value is -1.45. The van der Waals surface area contributed by atoms with E-state index in [9.17, 15) is 18.0 Å². The molecule has 9 heteroatoms. The maximum absolute atomic E-state index is 12.7. The van der Waals surface area contributed by atoms with Gasteiger partial charge in [-0.05, 0) is 59.8 Å². The molecule has 1 aliphatic carbocycles. The minimum atomic E-state index is -3.58. The van der Waals surface area contributed by atoms with Gasteiger partial charge in [-0.3, -0.25) is 9.59 Å². The van der Waals surface area contributed by atoms with Crippen LogP contribution in [0.15, 0.2) is 27.6 Å². The Morgan fingerprint density at radius 1 is 1.00 bits per heavy atom. The van der Waals surface area contributed by atoms with Crippen molar-refractivity contribution in [1.82, 2.24) is 14.9 Å². The summed E-state index contributed by atoms with van der Waals surface area (Å²) in [5.74, 6) is -0.234. The second-order valence-corrected chi connectivity index (χ2v) is 10.4. The van der Waals surface area contributed by atoms with Crippen LogP contribution in [0.3, 0.4) is 0 Å². The van der Waals surface area contributed by atoms with Gasteiger partial charge in [0.15, 0.2) is 0 Å². The highest BCUT2D eigenvalue weighted by molar-refractivity contribution is 9.10. The molecule has 1 saturated heterocycles. The number of nitrogens with zero attached hydrogens (tertiary/aromatic N) is 1. The molecule has 1 aromatic carbocycles. The third-order valence-corrected chi connectivity index (χ3v) is 8.16. The van der Waals surface area contributed by atoms with Gasteiger partial charge >= 0.3 is 0 Å². The summed E-state index contributed by atoms with van der Waals surface area (Å²) in [6.45, 7) is 1.67. The Labute approximate surface area is 180 Å². The summed E-state index contributed by atoms with van der Waals surface area (Å²) in [4.78, 5) is 24.8. The van der Waals surface area contributed by atoms with E-state index in [1.165, 1.54) is 22.9 Å². The van der Waals surface area contributed by atoms with Crippen molar-refractivity contribution < 1.29 is 18.0 Å². The number of benzene rings is 1. The normalized spacial score (nSPS) is 18.5. The van der Waals surface area contributed by atoms with Crippen LogP contribution in [-0.2, 0) is 14.8 Å². The van der Waals surface area contributed by atoms with E-state index in [1.807, 2.05) is 0 Å². The molecule has 7 nitrogen and oxygen atoms in total. The molecule has 2 fully saturated rings. The first-order valence-corrected chi connectivity index (χ1v) is 12.5. The van der Waals surface area contributed by atoms with Crippen LogP contribution in [0.2, 0.25) is 0 Å². The predicted molar refractivity (Wildman–Crippen MR) is 114 cm³/mol.